The first-order chi connectivity index (χ1) is 13.0. The molecule has 1 aliphatic carbocycles. The van der Waals surface area contributed by atoms with Gasteiger partial charge in [-0.25, -0.2) is 13.6 Å². The Balaban J connectivity index is 1.79. The number of hydrogen-bond acceptors (Lipinski definition) is 3. The molecule has 0 saturated heterocycles. The second-order valence-corrected chi connectivity index (χ2v) is 6.69. The van der Waals surface area contributed by atoms with Gasteiger partial charge in [0.05, 0.1) is 7.11 Å². The van der Waals surface area contributed by atoms with Gasteiger partial charge in [-0.2, -0.15) is 0 Å². The number of carbonyl (C=O) groups excluding carboxylic acids is 2. The van der Waals surface area contributed by atoms with Crippen LogP contribution in [0.3, 0.4) is 0 Å². The second-order valence-electron chi connectivity index (χ2n) is 6.69. The summed E-state index contributed by atoms with van der Waals surface area (Å²) in [6, 6.07) is 8.48. The Hall–Kier alpha value is -2.76. The first-order valence-corrected chi connectivity index (χ1v) is 8.89. The SMILES string of the molecule is CCC1CC1C(=O)NCc1ccc(-c2cccc(F)c2C(=O)OC)cc1F. The molecule has 0 radical (unpaired) electrons. The van der Waals surface area contributed by atoms with Crippen molar-refractivity contribution >= 4 is 11.9 Å². The normalized spacial score (nSPS) is 18.1. The molecular weight excluding hydrogens is 352 g/mol. The lowest BCUT2D eigenvalue weighted by Gasteiger charge is -2.11. The van der Waals surface area contributed by atoms with E-state index >= 15 is 0 Å². The predicted molar refractivity (Wildman–Crippen MR) is 96.9 cm³/mol. The fourth-order valence-electron chi connectivity index (χ4n) is 3.27. The largest absolute Gasteiger partial charge is 0.465 e. The molecule has 2 atom stereocenters. The summed E-state index contributed by atoms with van der Waals surface area (Å²) in [5, 5.41) is 2.76. The molecule has 1 fully saturated rings. The minimum absolute atomic E-state index is 0.0345. The Labute approximate surface area is 156 Å². The molecule has 1 aliphatic rings. The average Bonchev–Trinajstić information content (AvgIpc) is 3.46. The lowest BCUT2D eigenvalue weighted by Crippen LogP contribution is -2.25. The van der Waals surface area contributed by atoms with Gasteiger partial charge < -0.3 is 10.1 Å². The van der Waals surface area contributed by atoms with E-state index in [4.69, 9.17) is 0 Å². The summed E-state index contributed by atoms with van der Waals surface area (Å²) in [5.41, 5.74) is 0.701. The van der Waals surface area contributed by atoms with Crippen LogP contribution in [0.25, 0.3) is 11.1 Å². The van der Waals surface area contributed by atoms with Gasteiger partial charge in [0, 0.05) is 18.0 Å². The molecule has 3 rings (SSSR count). The average molecular weight is 373 g/mol. The molecule has 4 nitrogen and oxygen atoms in total. The van der Waals surface area contributed by atoms with Gasteiger partial charge in [0.1, 0.15) is 17.2 Å². The number of amides is 1. The van der Waals surface area contributed by atoms with E-state index in [0.29, 0.717) is 17.0 Å². The van der Waals surface area contributed by atoms with E-state index in [0.717, 1.165) is 26.0 Å². The Kier molecular flexibility index (Phi) is 5.54. The fourth-order valence-corrected chi connectivity index (χ4v) is 3.27. The summed E-state index contributed by atoms with van der Waals surface area (Å²) >= 11 is 0. The molecule has 2 unspecified atom stereocenters. The highest BCUT2D eigenvalue weighted by atomic mass is 19.1. The number of carbonyl (C=O) groups is 2. The van der Waals surface area contributed by atoms with Crippen molar-refractivity contribution in [3.63, 3.8) is 0 Å². The number of halogens is 2. The maximum absolute atomic E-state index is 14.5. The van der Waals surface area contributed by atoms with E-state index in [1.54, 1.807) is 6.07 Å². The van der Waals surface area contributed by atoms with Crippen molar-refractivity contribution in [1.82, 2.24) is 5.32 Å². The quantitative estimate of drug-likeness (QED) is 0.777. The molecule has 2 aromatic rings. The van der Waals surface area contributed by atoms with Crippen LogP contribution in [0, 0.1) is 23.5 Å². The minimum atomic E-state index is -0.824. The van der Waals surface area contributed by atoms with Crippen molar-refractivity contribution < 1.29 is 23.1 Å². The van der Waals surface area contributed by atoms with E-state index in [1.807, 2.05) is 6.92 Å². The molecule has 1 amide bonds. The van der Waals surface area contributed by atoms with Crippen LogP contribution in [-0.2, 0) is 16.1 Å². The lowest BCUT2D eigenvalue weighted by molar-refractivity contribution is -0.122. The number of ether oxygens (including phenoxy) is 1. The van der Waals surface area contributed by atoms with Gasteiger partial charge >= 0.3 is 5.97 Å². The van der Waals surface area contributed by atoms with Gasteiger partial charge in [0.2, 0.25) is 5.91 Å². The Morgan fingerprint density at radius 3 is 2.59 bits per heavy atom. The third kappa shape index (κ3) is 3.99. The molecule has 27 heavy (non-hydrogen) atoms. The predicted octanol–water partition coefficient (Wildman–Crippen LogP) is 4.08. The monoisotopic (exact) mass is 373 g/mol. The summed E-state index contributed by atoms with van der Waals surface area (Å²) in [5.74, 6) is -1.67. The topological polar surface area (TPSA) is 55.4 Å². The van der Waals surface area contributed by atoms with Gasteiger partial charge in [0.15, 0.2) is 0 Å². The maximum Gasteiger partial charge on any atom is 0.341 e. The summed E-state index contributed by atoms with van der Waals surface area (Å²) in [6.07, 6.45) is 1.86. The molecule has 0 aliphatic heterocycles. The van der Waals surface area contributed by atoms with Crippen molar-refractivity contribution in [3.05, 3.63) is 59.2 Å². The zero-order valence-corrected chi connectivity index (χ0v) is 15.2. The first kappa shape index (κ1) is 19.0. The molecule has 0 heterocycles. The van der Waals surface area contributed by atoms with Gasteiger partial charge in [-0.05, 0) is 35.6 Å². The van der Waals surface area contributed by atoms with Crippen LogP contribution in [0.2, 0.25) is 0 Å². The van der Waals surface area contributed by atoms with Crippen LogP contribution in [0.1, 0.15) is 35.7 Å². The van der Waals surface area contributed by atoms with Crippen molar-refractivity contribution in [1.29, 1.82) is 0 Å². The summed E-state index contributed by atoms with van der Waals surface area (Å²) in [4.78, 5) is 23.9. The molecule has 2 aromatic carbocycles. The number of esters is 1. The van der Waals surface area contributed by atoms with E-state index in [9.17, 15) is 18.4 Å². The van der Waals surface area contributed by atoms with Crippen molar-refractivity contribution in [2.45, 2.75) is 26.3 Å². The van der Waals surface area contributed by atoms with E-state index in [-0.39, 0.29) is 29.5 Å². The summed E-state index contributed by atoms with van der Waals surface area (Å²) in [6.45, 7) is 2.14. The molecule has 0 spiro atoms. The highest BCUT2D eigenvalue weighted by molar-refractivity contribution is 5.97. The van der Waals surface area contributed by atoms with Crippen LogP contribution in [0.15, 0.2) is 36.4 Å². The van der Waals surface area contributed by atoms with E-state index in [2.05, 4.69) is 10.1 Å². The second kappa shape index (κ2) is 7.86. The molecule has 0 aromatic heterocycles. The highest BCUT2D eigenvalue weighted by Gasteiger charge is 2.41. The van der Waals surface area contributed by atoms with Gasteiger partial charge in [0.25, 0.3) is 0 Å². The van der Waals surface area contributed by atoms with Gasteiger partial charge in [-0.3, -0.25) is 4.79 Å². The number of benzene rings is 2. The lowest BCUT2D eigenvalue weighted by atomic mass is 9.98. The standard InChI is InChI=1S/C21H21F2NO3/c1-3-12-9-16(12)20(25)24-11-14-8-7-13(10-18(14)23)15-5-4-6-17(22)19(15)21(26)27-2/h4-8,10,12,16H,3,9,11H2,1-2H3,(H,24,25). The molecule has 142 valence electrons. The molecule has 6 heteroatoms. The Morgan fingerprint density at radius 1 is 1.19 bits per heavy atom. The van der Waals surface area contributed by atoms with Gasteiger partial charge in [-0.15, -0.1) is 0 Å². The van der Waals surface area contributed by atoms with Crippen LogP contribution in [0.5, 0.6) is 0 Å². The molecule has 1 N–H and O–H groups in total. The number of rotatable bonds is 6. The molecular formula is C21H21F2NO3. The van der Waals surface area contributed by atoms with Crippen LogP contribution in [0.4, 0.5) is 8.78 Å². The van der Waals surface area contributed by atoms with Crippen LogP contribution < -0.4 is 5.32 Å². The number of hydrogen-bond donors (Lipinski definition) is 1. The summed E-state index contributed by atoms with van der Waals surface area (Å²) in [7, 11) is 1.16. The first-order valence-electron chi connectivity index (χ1n) is 8.89. The smallest absolute Gasteiger partial charge is 0.341 e. The van der Waals surface area contributed by atoms with Crippen LogP contribution in [-0.4, -0.2) is 19.0 Å². The van der Waals surface area contributed by atoms with Gasteiger partial charge in [-0.1, -0.05) is 37.6 Å². The highest BCUT2D eigenvalue weighted by Crippen LogP contribution is 2.41. The zero-order valence-electron chi connectivity index (χ0n) is 15.2. The van der Waals surface area contributed by atoms with E-state index in [1.165, 1.54) is 24.3 Å². The zero-order chi connectivity index (χ0) is 19.6. The van der Waals surface area contributed by atoms with Crippen molar-refractivity contribution in [2.24, 2.45) is 11.8 Å². The Bertz CT molecular complexity index is 882. The molecule has 1 saturated carbocycles. The van der Waals surface area contributed by atoms with Crippen molar-refractivity contribution in [2.75, 3.05) is 7.11 Å². The summed E-state index contributed by atoms with van der Waals surface area (Å²) < 4.78 is 33.2. The van der Waals surface area contributed by atoms with E-state index < -0.39 is 17.6 Å². The minimum Gasteiger partial charge on any atom is -0.465 e. The third-order valence-corrected chi connectivity index (χ3v) is 5.00. The van der Waals surface area contributed by atoms with Crippen LogP contribution >= 0.6 is 0 Å². The molecule has 0 bridgehead atoms. The fraction of sp³-hybridized carbons (Fsp3) is 0.333. The maximum atomic E-state index is 14.5. The number of nitrogens with one attached hydrogen (secondary N) is 1. The number of methoxy groups -OCH3 is 1. The Morgan fingerprint density at radius 2 is 1.96 bits per heavy atom. The van der Waals surface area contributed by atoms with Crippen molar-refractivity contribution in [3.8, 4) is 11.1 Å². The third-order valence-electron chi connectivity index (χ3n) is 5.00.